The van der Waals surface area contributed by atoms with Crippen LogP contribution in [0, 0.1) is 0 Å². The number of benzene rings is 2. The second kappa shape index (κ2) is 10.2. The van der Waals surface area contributed by atoms with Gasteiger partial charge in [0.25, 0.3) is 0 Å². The smallest absolute Gasteiger partial charge is 0.337 e. The van der Waals surface area contributed by atoms with Crippen LogP contribution in [0.2, 0.25) is 5.02 Å². The van der Waals surface area contributed by atoms with E-state index in [9.17, 15) is 9.90 Å². The van der Waals surface area contributed by atoms with Gasteiger partial charge in [0.15, 0.2) is 0 Å². The number of hydrogen-bond donors (Lipinski definition) is 4. The first-order valence-electron chi connectivity index (χ1n) is 9.62. The molecule has 0 aliphatic rings. The van der Waals surface area contributed by atoms with E-state index < -0.39 is 12.1 Å². The normalized spacial score (nSPS) is 12.9. The second-order valence-corrected chi connectivity index (χ2v) is 7.55. The molecule has 0 unspecified atom stereocenters. The van der Waals surface area contributed by atoms with Gasteiger partial charge in [0.05, 0.1) is 11.7 Å². The van der Waals surface area contributed by atoms with Gasteiger partial charge in [0, 0.05) is 47.8 Å². The Balaban J connectivity index is 1.55. The van der Waals surface area contributed by atoms with Gasteiger partial charge in [-0.15, -0.1) is 0 Å². The van der Waals surface area contributed by atoms with Crippen molar-refractivity contribution in [3.8, 4) is 11.1 Å². The molecule has 6 nitrogen and oxygen atoms in total. The SMILES string of the molecule is C[C@H](CNc1cccc(-c2cncc(C(=O)O)c2)c1)NC[C@H](O)c1cccc(Cl)c1. The molecule has 0 aliphatic carbocycles. The van der Waals surface area contributed by atoms with Crippen molar-refractivity contribution in [3.63, 3.8) is 0 Å². The summed E-state index contributed by atoms with van der Waals surface area (Å²) < 4.78 is 0. The molecular weight excluding hydrogens is 402 g/mol. The number of aliphatic hydroxyl groups is 1. The van der Waals surface area contributed by atoms with Crippen molar-refractivity contribution in [2.45, 2.75) is 19.1 Å². The number of aromatic nitrogens is 1. The summed E-state index contributed by atoms with van der Waals surface area (Å²) in [5, 5.41) is 26.7. The van der Waals surface area contributed by atoms with Gasteiger partial charge in [-0.3, -0.25) is 4.98 Å². The van der Waals surface area contributed by atoms with Gasteiger partial charge in [0.2, 0.25) is 0 Å². The minimum atomic E-state index is -1.00. The number of carboxylic acid groups (broad SMARTS) is 1. The largest absolute Gasteiger partial charge is 0.478 e. The molecule has 3 aromatic rings. The topological polar surface area (TPSA) is 94.5 Å². The zero-order valence-electron chi connectivity index (χ0n) is 16.5. The number of anilines is 1. The monoisotopic (exact) mass is 425 g/mol. The van der Waals surface area contributed by atoms with E-state index in [-0.39, 0.29) is 11.6 Å². The quantitative estimate of drug-likeness (QED) is 0.410. The summed E-state index contributed by atoms with van der Waals surface area (Å²) in [6.07, 6.45) is 2.34. The lowest BCUT2D eigenvalue weighted by atomic mass is 10.1. The number of aliphatic hydroxyl groups excluding tert-OH is 1. The number of rotatable bonds is 9. The van der Waals surface area contributed by atoms with Crippen molar-refractivity contribution < 1.29 is 15.0 Å². The standard InChI is InChI=1S/C23H24ClN3O3/c1-15(26-14-22(28)17-5-2-6-20(24)9-17)11-27-21-7-3-4-16(10-21)18-8-19(23(29)30)13-25-12-18/h2-10,12-13,15,22,26-28H,11,14H2,1H3,(H,29,30)/t15-,22+/m1/s1. The van der Waals surface area contributed by atoms with E-state index in [1.807, 2.05) is 43.3 Å². The molecule has 1 heterocycles. The second-order valence-electron chi connectivity index (χ2n) is 7.11. The molecule has 7 heteroatoms. The average Bonchev–Trinajstić information content (AvgIpc) is 2.76. The molecule has 0 bridgehead atoms. The molecule has 0 aliphatic heterocycles. The van der Waals surface area contributed by atoms with Crippen molar-refractivity contribution in [2.24, 2.45) is 0 Å². The first kappa shape index (κ1) is 21.8. The van der Waals surface area contributed by atoms with Crippen molar-refractivity contribution in [3.05, 3.63) is 83.1 Å². The van der Waals surface area contributed by atoms with Crippen LogP contribution in [0.25, 0.3) is 11.1 Å². The number of hydrogen-bond acceptors (Lipinski definition) is 5. The minimum absolute atomic E-state index is 0.111. The summed E-state index contributed by atoms with van der Waals surface area (Å²) in [4.78, 5) is 15.2. The summed E-state index contributed by atoms with van der Waals surface area (Å²) in [6, 6.07) is 16.7. The predicted octanol–water partition coefficient (Wildman–Crippen LogP) is 4.22. The Bertz CT molecular complexity index is 1010. The van der Waals surface area contributed by atoms with Gasteiger partial charge in [-0.05, 0) is 48.4 Å². The maximum Gasteiger partial charge on any atom is 0.337 e. The average molecular weight is 426 g/mol. The van der Waals surface area contributed by atoms with Gasteiger partial charge in [0.1, 0.15) is 0 Å². The van der Waals surface area contributed by atoms with Crippen LogP contribution in [0.15, 0.2) is 67.0 Å². The highest BCUT2D eigenvalue weighted by Crippen LogP contribution is 2.23. The zero-order chi connectivity index (χ0) is 21.5. The Labute approximate surface area is 180 Å². The van der Waals surface area contributed by atoms with Crippen LogP contribution in [-0.4, -0.2) is 40.3 Å². The van der Waals surface area contributed by atoms with Crippen LogP contribution in [0.3, 0.4) is 0 Å². The fourth-order valence-corrected chi connectivity index (χ4v) is 3.21. The van der Waals surface area contributed by atoms with Gasteiger partial charge in [-0.1, -0.05) is 35.9 Å². The lowest BCUT2D eigenvalue weighted by Gasteiger charge is -2.19. The van der Waals surface area contributed by atoms with Crippen molar-refractivity contribution in [1.29, 1.82) is 0 Å². The molecule has 0 amide bonds. The highest BCUT2D eigenvalue weighted by atomic mass is 35.5. The highest BCUT2D eigenvalue weighted by molar-refractivity contribution is 6.30. The molecular formula is C23H24ClN3O3. The summed E-state index contributed by atoms with van der Waals surface area (Å²) in [6.45, 7) is 3.10. The summed E-state index contributed by atoms with van der Waals surface area (Å²) in [5.41, 5.74) is 3.47. The summed E-state index contributed by atoms with van der Waals surface area (Å²) in [5.74, 6) is -1.00. The molecule has 0 saturated heterocycles. The Morgan fingerprint density at radius 3 is 2.63 bits per heavy atom. The molecule has 0 saturated carbocycles. The van der Waals surface area contributed by atoms with E-state index in [2.05, 4.69) is 15.6 Å². The number of aromatic carboxylic acids is 1. The van der Waals surface area contributed by atoms with Gasteiger partial charge in [-0.2, -0.15) is 0 Å². The Kier molecular flexibility index (Phi) is 7.41. The first-order valence-corrected chi connectivity index (χ1v) is 10.00. The number of nitrogens with zero attached hydrogens (tertiary/aromatic N) is 1. The predicted molar refractivity (Wildman–Crippen MR) is 119 cm³/mol. The molecule has 0 spiro atoms. The minimum Gasteiger partial charge on any atom is -0.478 e. The third-order valence-electron chi connectivity index (χ3n) is 4.69. The fraction of sp³-hybridized carbons (Fsp3) is 0.217. The number of pyridine rings is 1. The number of carbonyl (C=O) groups is 1. The Morgan fingerprint density at radius 2 is 1.87 bits per heavy atom. The van der Waals surface area contributed by atoms with E-state index in [1.54, 1.807) is 24.4 Å². The van der Waals surface area contributed by atoms with E-state index in [0.29, 0.717) is 18.1 Å². The number of nitrogens with one attached hydrogen (secondary N) is 2. The van der Waals surface area contributed by atoms with E-state index in [1.165, 1.54) is 6.20 Å². The van der Waals surface area contributed by atoms with Crippen LogP contribution in [0.1, 0.15) is 28.9 Å². The maximum atomic E-state index is 11.2. The van der Waals surface area contributed by atoms with Crippen LogP contribution < -0.4 is 10.6 Å². The van der Waals surface area contributed by atoms with Crippen LogP contribution >= 0.6 is 11.6 Å². The van der Waals surface area contributed by atoms with Crippen molar-refractivity contribution >= 4 is 23.3 Å². The third-order valence-corrected chi connectivity index (χ3v) is 4.92. The van der Waals surface area contributed by atoms with E-state index in [0.717, 1.165) is 22.4 Å². The van der Waals surface area contributed by atoms with E-state index >= 15 is 0 Å². The summed E-state index contributed by atoms with van der Waals surface area (Å²) in [7, 11) is 0. The molecule has 0 radical (unpaired) electrons. The number of halogens is 1. The van der Waals surface area contributed by atoms with Gasteiger partial charge >= 0.3 is 5.97 Å². The van der Waals surface area contributed by atoms with Crippen molar-refractivity contribution in [2.75, 3.05) is 18.4 Å². The third kappa shape index (κ3) is 6.03. The molecule has 2 aromatic carbocycles. The molecule has 4 N–H and O–H groups in total. The Hall–Kier alpha value is -2.93. The molecule has 0 fully saturated rings. The molecule has 3 rings (SSSR count). The first-order chi connectivity index (χ1) is 14.4. The fourth-order valence-electron chi connectivity index (χ4n) is 3.01. The summed E-state index contributed by atoms with van der Waals surface area (Å²) >= 11 is 5.98. The Morgan fingerprint density at radius 1 is 1.07 bits per heavy atom. The van der Waals surface area contributed by atoms with E-state index in [4.69, 9.17) is 16.7 Å². The molecule has 30 heavy (non-hydrogen) atoms. The van der Waals surface area contributed by atoms with Crippen molar-refractivity contribution in [1.82, 2.24) is 10.3 Å². The van der Waals surface area contributed by atoms with Crippen LogP contribution in [0.4, 0.5) is 5.69 Å². The van der Waals surface area contributed by atoms with Crippen LogP contribution in [0.5, 0.6) is 0 Å². The lowest BCUT2D eigenvalue weighted by molar-refractivity contribution is 0.0696. The molecule has 156 valence electrons. The molecule has 1 aromatic heterocycles. The number of carboxylic acids is 1. The van der Waals surface area contributed by atoms with Gasteiger partial charge < -0.3 is 20.8 Å². The lowest BCUT2D eigenvalue weighted by Crippen LogP contribution is -2.35. The molecule has 2 atom stereocenters. The maximum absolute atomic E-state index is 11.2. The highest BCUT2D eigenvalue weighted by Gasteiger charge is 2.10. The van der Waals surface area contributed by atoms with Gasteiger partial charge in [-0.25, -0.2) is 4.79 Å². The zero-order valence-corrected chi connectivity index (χ0v) is 17.3. The van der Waals surface area contributed by atoms with Crippen LogP contribution in [-0.2, 0) is 0 Å².